The van der Waals surface area contributed by atoms with Gasteiger partial charge >= 0.3 is 0 Å². The first kappa shape index (κ1) is 26.4. The molecule has 0 saturated heterocycles. The summed E-state index contributed by atoms with van der Waals surface area (Å²) in [6.45, 7) is 13.9. The summed E-state index contributed by atoms with van der Waals surface area (Å²) in [4.78, 5) is 16.7. The highest BCUT2D eigenvalue weighted by Crippen LogP contribution is 2.16. The predicted molar refractivity (Wildman–Crippen MR) is 112 cm³/mol. The third kappa shape index (κ3) is 8.41. The number of amides is 1. The first-order valence-electron chi connectivity index (χ1n) is 8.48. The van der Waals surface area contributed by atoms with Crippen molar-refractivity contribution in [1.82, 2.24) is 9.80 Å². The summed E-state index contributed by atoms with van der Waals surface area (Å²) in [5, 5.41) is 0. The quantitative estimate of drug-likeness (QED) is 0.732. The fourth-order valence-electron chi connectivity index (χ4n) is 2.65. The number of nitrogens with zero attached hydrogens (tertiary/aromatic N) is 2. The molecule has 0 heterocycles. The van der Waals surface area contributed by atoms with Crippen molar-refractivity contribution in [3.63, 3.8) is 0 Å². The minimum Gasteiger partial charge on any atom is -0.341 e. The molecule has 0 aliphatic carbocycles. The van der Waals surface area contributed by atoms with Gasteiger partial charge in [-0.05, 0) is 50.0 Å². The summed E-state index contributed by atoms with van der Waals surface area (Å²) >= 11 is 0. The Morgan fingerprint density at radius 2 is 1.68 bits per heavy atom. The van der Waals surface area contributed by atoms with E-state index in [-0.39, 0.29) is 36.1 Å². The Hall–Kier alpha value is -0.810. The zero-order chi connectivity index (χ0) is 17.6. The third-order valence-corrected chi connectivity index (χ3v) is 4.29. The van der Waals surface area contributed by atoms with Gasteiger partial charge in [0.1, 0.15) is 0 Å². The van der Waals surface area contributed by atoms with Crippen LogP contribution in [-0.2, 0) is 6.54 Å². The van der Waals surface area contributed by atoms with E-state index in [1.807, 2.05) is 19.2 Å². The van der Waals surface area contributed by atoms with Crippen molar-refractivity contribution in [2.75, 3.05) is 26.7 Å². The normalized spacial score (nSPS) is 11.1. The zero-order valence-electron chi connectivity index (χ0n) is 16.4. The van der Waals surface area contributed by atoms with Crippen LogP contribution in [0.25, 0.3) is 0 Å². The lowest BCUT2D eigenvalue weighted by Crippen LogP contribution is -2.39. The van der Waals surface area contributed by atoms with Crippen LogP contribution in [0.2, 0.25) is 0 Å². The number of carbonyl (C=O) groups is 1. The smallest absolute Gasteiger partial charge is 0.253 e. The summed E-state index contributed by atoms with van der Waals surface area (Å²) in [6, 6.07) is 8.49. The number of benzene rings is 1. The van der Waals surface area contributed by atoms with E-state index in [0.717, 1.165) is 18.7 Å². The second kappa shape index (κ2) is 11.7. The molecule has 1 amide bonds. The van der Waals surface area contributed by atoms with E-state index < -0.39 is 0 Å². The Labute approximate surface area is 166 Å². The number of halogens is 2. The second-order valence-electron chi connectivity index (χ2n) is 7.38. The van der Waals surface area contributed by atoms with Crippen LogP contribution in [0.1, 0.15) is 50.5 Å². The van der Waals surface area contributed by atoms with Crippen molar-refractivity contribution in [3.05, 3.63) is 35.4 Å². The summed E-state index contributed by atoms with van der Waals surface area (Å²) in [5.41, 5.74) is 7.66. The maximum atomic E-state index is 12.5. The Kier molecular flexibility index (Phi) is 12.4. The molecule has 6 heteroatoms. The molecule has 1 rings (SSSR count). The van der Waals surface area contributed by atoms with Crippen molar-refractivity contribution in [3.8, 4) is 0 Å². The highest BCUT2D eigenvalue weighted by atomic mass is 35.5. The maximum absolute atomic E-state index is 12.5. The van der Waals surface area contributed by atoms with Crippen molar-refractivity contribution >= 4 is 30.7 Å². The van der Waals surface area contributed by atoms with E-state index in [1.165, 1.54) is 5.56 Å². The Balaban J connectivity index is 0. The Morgan fingerprint density at radius 3 is 2.08 bits per heavy atom. The van der Waals surface area contributed by atoms with Gasteiger partial charge in [-0.15, -0.1) is 24.8 Å². The molecule has 4 nitrogen and oxygen atoms in total. The number of hydrogen-bond donors (Lipinski definition) is 1. The van der Waals surface area contributed by atoms with Crippen LogP contribution in [0.4, 0.5) is 0 Å². The fourth-order valence-corrected chi connectivity index (χ4v) is 2.65. The van der Waals surface area contributed by atoms with Gasteiger partial charge in [0, 0.05) is 31.7 Å². The van der Waals surface area contributed by atoms with Crippen LogP contribution in [0.5, 0.6) is 0 Å². The summed E-state index contributed by atoms with van der Waals surface area (Å²) in [5.74, 6) is 0.0503. The van der Waals surface area contributed by atoms with Gasteiger partial charge in [0.25, 0.3) is 5.91 Å². The first-order chi connectivity index (χ1) is 10.7. The van der Waals surface area contributed by atoms with Gasteiger partial charge in [-0.25, -0.2) is 0 Å². The molecule has 0 saturated carbocycles. The summed E-state index contributed by atoms with van der Waals surface area (Å²) in [6.07, 6.45) is 0. The molecule has 0 aliphatic rings. The van der Waals surface area contributed by atoms with Gasteiger partial charge in [0.2, 0.25) is 0 Å². The molecule has 0 fully saturated rings. The van der Waals surface area contributed by atoms with Gasteiger partial charge in [-0.1, -0.05) is 32.9 Å². The minimum absolute atomic E-state index is 0. The van der Waals surface area contributed by atoms with Crippen LogP contribution >= 0.6 is 24.8 Å². The largest absolute Gasteiger partial charge is 0.341 e. The Morgan fingerprint density at radius 1 is 1.16 bits per heavy atom. The molecule has 1 aromatic carbocycles. The van der Waals surface area contributed by atoms with Gasteiger partial charge in [-0.2, -0.15) is 0 Å². The highest BCUT2D eigenvalue weighted by molar-refractivity contribution is 5.94. The zero-order valence-corrected chi connectivity index (χ0v) is 18.0. The van der Waals surface area contributed by atoms with Crippen LogP contribution < -0.4 is 5.73 Å². The Bertz CT molecular complexity index is 504. The van der Waals surface area contributed by atoms with E-state index in [1.54, 1.807) is 4.90 Å². The molecule has 0 aromatic heterocycles. The van der Waals surface area contributed by atoms with E-state index in [0.29, 0.717) is 19.1 Å². The molecule has 25 heavy (non-hydrogen) atoms. The molecule has 0 unspecified atom stereocenters. The van der Waals surface area contributed by atoms with E-state index in [2.05, 4.69) is 51.7 Å². The molecule has 0 radical (unpaired) electrons. The molecule has 0 atom stereocenters. The van der Waals surface area contributed by atoms with Crippen LogP contribution in [0.3, 0.4) is 0 Å². The second-order valence-corrected chi connectivity index (χ2v) is 7.38. The lowest BCUT2D eigenvalue weighted by atomic mass is 9.93. The molecule has 1 aromatic rings. The van der Waals surface area contributed by atoms with Gasteiger partial charge in [0.05, 0.1) is 0 Å². The molecule has 0 spiro atoms. The summed E-state index contributed by atoms with van der Waals surface area (Å²) < 4.78 is 0. The molecule has 0 aliphatic heterocycles. The lowest BCUT2D eigenvalue weighted by molar-refractivity contribution is 0.0740. The van der Waals surface area contributed by atoms with E-state index in [9.17, 15) is 4.79 Å². The van der Waals surface area contributed by atoms with Crippen LogP contribution in [0, 0.1) is 5.41 Å². The molecular formula is C19H35Cl2N3O. The average molecular weight is 392 g/mol. The number of nitrogens with two attached hydrogens (primary N) is 1. The van der Waals surface area contributed by atoms with Gasteiger partial charge in [-0.3, -0.25) is 9.69 Å². The monoisotopic (exact) mass is 391 g/mol. The van der Waals surface area contributed by atoms with Gasteiger partial charge < -0.3 is 10.6 Å². The third-order valence-electron chi connectivity index (χ3n) is 4.29. The molecule has 2 N–H and O–H groups in total. The molecular weight excluding hydrogens is 357 g/mol. The van der Waals surface area contributed by atoms with Crippen LogP contribution in [-0.4, -0.2) is 48.4 Å². The van der Waals surface area contributed by atoms with Crippen molar-refractivity contribution in [2.24, 2.45) is 11.1 Å². The van der Waals surface area contributed by atoms with Crippen molar-refractivity contribution in [2.45, 2.75) is 47.2 Å². The van der Waals surface area contributed by atoms with E-state index >= 15 is 0 Å². The molecule has 0 bridgehead atoms. The van der Waals surface area contributed by atoms with Crippen LogP contribution in [0.15, 0.2) is 24.3 Å². The summed E-state index contributed by atoms with van der Waals surface area (Å²) in [7, 11) is 1.84. The topological polar surface area (TPSA) is 49.6 Å². The van der Waals surface area contributed by atoms with E-state index in [4.69, 9.17) is 5.73 Å². The fraction of sp³-hybridized carbons (Fsp3) is 0.632. The predicted octanol–water partition coefficient (Wildman–Crippen LogP) is 3.82. The standard InChI is InChI=1S/C19H33N3O.2ClH/c1-7-22(15(2)3)12-16-8-10-17(11-9-16)18(23)21(6)14-19(4,5)13-20;;/h8-11,15H,7,12-14,20H2,1-6H3;2*1H. The maximum Gasteiger partial charge on any atom is 0.253 e. The van der Waals surface area contributed by atoms with Crippen molar-refractivity contribution < 1.29 is 4.79 Å². The highest BCUT2D eigenvalue weighted by Gasteiger charge is 2.21. The SMILES string of the molecule is CCN(Cc1ccc(C(=O)N(C)CC(C)(C)CN)cc1)C(C)C.Cl.Cl. The number of carbonyl (C=O) groups excluding carboxylic acids is 1. The van der Waals surface area contributed by atoms with Crippen molar-refractivity contribution in [1.29, 1.82) is 0 Å². The number of rotatable bonds is 8. The average Bonchev–Trinajstić information content (AvgIpc) is 2.51. The number of hydrogen-bond acceptors (Lipinski definition) is 3. The lowest BCUT2D eigenvalue weighted by Gasteiger charge is -2.29. The molecule has 146 valence electrons. The first-order valence-corrected chi connectivity index (χ1v) is 8.48. The van der Waals surface area contributed by atoms with Gasteiger partial charge in [0.15, 0.2) is 0 Å². The minimum atomic E-state index is -0.0662.